The van der Waals surface area contributed by atoms with E-state index in [0.29, 0.717) is 31.0 Å². The van der Waals surface area contributed by atoms with Crippen molar-refractivity contribution in [3.8, 4) is 11.5 Å². The van der Waals surface area contributed by atoms with Crippen LogP contribution < -0.4 is 14.4 Å². The molecule has 1 heterocycles. The number of aromatic carboxylic acids is 1. The molecule has 6 heteroatoms. The van der Waals surface area contributed by atoms with Crippen LogP contribution in [-0.2, 0) is 11.2 Å². The summed E-state index contributed by atoms with van der Waals surface area (Å²) in [6.07, 6.45) is 1.64. The van der Waals surface area contributed by atoms with E-state index < -0.39 is 5.97 Å². The van der Waals surface area contributed by atoms with Crippen molar-refractivity contribution in [2.75, 3.05) is 24.7 Å². The highest BCUT2D eigenvalue weighted by atomic mass is 16.5. The molecule has 136 valence electrons. The average Bonchev–Trinajstić information content (AvgIpc) is 2.66. The summed E-state index contributed by atoms with van der Waals surface area (Å²) in [5.74, 6) is 0.0535. The minimum atomic E-state index is -1.03. The van der Waals surface area contributed by atoms with Crippen LogP contribution in [0.25, 0.3) is 0 Å². The molecule has 0 aromatic heterocycles. The number of carbonyl (C=O) groups excluding carboxylic acids is 1. The molecule has 0 fully saturated rings. The standard InChI is InChI=1S/C20H21NO5/c1-2-14-4-7-16(8-5-14)25-11-3-10-21-17-9-6-15(20(23)24)12-18(17)26-13-19(21)22/h4-9,12H,2-3,10-11,13H2,1H3,(H,23,24). The summed E-state index contributed by atoms with van der Waals surface area (Å²) in [5.41, 5.74) is 1.99. The number of aryl methyl sites for hydroxylation is 1. The maximum Gasteiger partial charge on any atom is 0.335 e. The van der Waals surface area contributed by atoms with E-state index in [9.17, 15) is 9.59 Å². The predicted molar refractivity (Wildman–Crippen MR) is 97.2 cm³/mol. The lowest BCUT2D eigenvalue weighted by molar-refractivity contribution is -0.121. The third-order valence-corrected chi connectivity index (χ3v) is 4.28. The largest absolute Gasteiger partial charge is 0.494 e. The van der Waals surface area contributed by atoms with Crippen molar-refractivity contribution in [1.29, 1.82) is 0 Å². The number of hydrogen-bond donors (Lipinski definition) is 1. The first kappa shape index (κ1) is 17.8. The van der Waals surface area contributed by atoms with Crippen LogP contribution in [0, 0.1) is 0 Å². The highest BCUT2D eigenvalue weighted by Crippen LogP contribution is 2.33. The fraction of sp³-hybridized carbons (Fsp3) is 0.300. The van der Waals surface area contributed by atoms with Crippen LogP contribution in [-0.4, -0.2) is 36.7 Å². The van der Waals surface area contributed by atoms with Crippen molar-refractivity contribution in [3.05, 3.63) is 53.6 Å². The van der Waals surface area contributed by atoms with Crippen molar-refractivity contribution in [2.45, 2.75) is 19.8 Å². The Kier molecular flexibility index (Phi) is 5.41. The number of nitrogens with zero attached hydrogens (tertiary/aromatic N) is 1. The molecule has 1 N–H and O–H groups in total. The molecular formula is C20H21NO5. The minimum absolute atomic E-state index is 0.0879. The zero-order chi connectivity index (χ0) is 18.5. The van der Waals surface area contributed by atoms with Gasteiger partial charge in [0.25, 0.3) is 5.91 Å². The smallest absolute Gasteiger partial charge is 0.335 e. The van der Waals surface area contributed by atoms with Crippen LogP contribution >= 0.6 is 0 Å². The van der Waals surface area contributed by atoms with E-state index in [1.54, 1.807) is 11.0 Å². The fourth-order valence-electron chi connectivity index (χ4n) is 2.82. The van der Waals surface area contributed by atoms with Crippen LogP contribution in [0.15, 0.2) is 42.5 Å². The topological polar surface area (TPSA) is 76.1 Å². The lowest BCUT2D eigenvalue weighted by Gasteiger charge is -2.29. The molecule has 1 aliphatic rings. The molecule has 1 amide bonds. The number of carbonyl (C=O) groups is 2. The van der Waals surface area contributed by atoms with E-state index in [1.807, 2.05) is 24.3 Å². The molecule has 0 saturated heterocycles. The molecule has 2 aromatic rings. The van der Waals surface area contributed by atoms with Crippen LogP contribution in [0.1, 0.15) is 29.3 Å². The Labute approximate surface area is 152 Å². The molecule has 3 rings (SSSR count). The van der Waals surface area contributed by atoms with Gasteiger partial charge in [-0.25, -0.2) is 4.79 Å². The summed E-state index contributed by atoms with van der Waals surface area (Å²) < 4.78 is 11.1. The van der Waals surface area contributed by atoms with E-state index >= 15 is 0 Å². The number of rotatable bonds is 7. The molecule has 0 atom stereocenters. The molecule has 6 nitrogen and oxygen atoms in total. The van der Waals surface area contributed by atoms with E-state index in [1.165, 1.54) is 17.7 Å². The first-order valence-corrected chi connectivity index (χ1v) is 8.60. The Hall–Kier alpha value is -3.02. The van der Waals surface area contributed by atoms with Crippen molar-refractivity contribution in [1.82, 2.24) is 0 Å². The van der Waals surface area contributed by atoms with Gasteiger partial charge in [0.1, 0.15) is 11.5 Å². The van der Waals surface area contributed by atoms with Crippen molar-refractivity contribution >= 4 is 17.6 Å². The van der Waals surface area contributed by atoms with Crippen molar-refractivity contribution < 1.29 is 24.2 Å². The molecule has 1 aliphatic heterocycles. The molecule has 2 aromatic carbocycles. The number of amides is 1. The summed E-state index contributed by atoms with van der Waals surface area (Å²) in [4.78, 5) is 24.8. The molecule has 0 radical (unpaired) electrons. The lowest BCUT2D eigenvalue weighted by atomic mass is 10.1. The number of carboxylic acids is 1. The number of ether oxygens (including phenoxy) is 2. The number of anilines is 1. The van der Waals surface area contributed by atoms with Gasteiger partial charge in [0, 0.05) is 6.54 Å². The summed E-state index contributed by atoms with van der Waals surface area (Å²) in [5, 5.41) is 9.07. The summed E-state index contributed by atoms with van der Waals surface area (Å²) in [7, 11) is 0. The van der Waals surface area contributed by atoms with Gasteiger partial charge < -0.3 is 19.5 Å². The van der Waals surface area contributed by atoms with Gasteiger partial charge in [-0.05, 0) is 48.7 Å². The van der Waals surface area contributed by atoms with Gasteiger partial charge in [-0.15, -0.1) is 0 Å². The molecule has 0 bridgehead atoms. The molecule has 0 saturated carbocycles. The minimum Gasteiger partial charge on any atom is -0.494 e. The normalized spacial score (nSPS) is 13.1. The van der Waals surface area contributed by atoms with Crippen LogP contribution in [0.2, 0.25) is 0 Å². The van der Waals surface area contributed by atoms with Gasteiger partial charge in [0.05, 0.1) is 17.9 Å². The second-order valence-electron chi connectivity index (χ2n) is 6.02. The SMILES string of the molecule is CCc1ccc(OCCCN2C(=O)COc3cc(C(=O)O)ccc32)cc1. The number of benzene rings is 2. The van der Waals surface area contributed by atoms with Gasteiger partial charge in [-0.3, -0.25) is 4.79 Å². The number of hydrogen-bond acceptors (Lipinski definition) is 4. The number of fused-ring (bicyclic) bond motifs is 1. The van der Waals surface area contributed by atoms with Gasteiger partial charge in [-0.2, -0.15) is 0 Å². The molecule has 26 heavy (non-hydrogen) atoms. The highest BCUT2D eigenvalue weighted by molar-refractivity contribution is 5.99. The first-order chi connectivity index (χ1) is 12.6. The summed E-state index contributed by atoms with van der Waals surface area (Å²) in [6.45, 7) is 2.98. The van der Waals surface area contributed by atoms with Crippen molar-refractivity contribution in [3.63, 3.8) is 0 Å². The third-order valence-electron chi connectivity index (χ3n) is 4.28. The monoisotopic (exact) mass is 355 g/mol. The Morgan fingerprint density at radius 1 is 1.23 bits per heavy atom. The maximum absolute atomic E-state index is 12.2. The van der Waals surface area contributed by atoms with Gasteiger partial charge in [0.2, 0.25) is 0 Å². The molecule has 0 unspecified atom stereocenters. The van der Waals surface area contributed by atoms with Crippen molar-refractivity contribution in [2.24, 2.45) is 0 Å². The Bertz CT molecular complexity index is 800. The second-order valence-corrected chi connectivity index (χ2v) is 6.02. The van der Waals surface area contributed by atoms with E-state index in [0.717, 1.165) is 12.2 Å². The quantitative estimate of drug-likeness (QED) is 0.772. The zero-order valence-corrected chi connectivity index (χ0v) is 14.6. The van der Waals surface area contributed by atoms with E-state index in [-0.39, 0.29) is 18.1 Å². The molecule has 0 spiro atoms. The molecule has 0 aliphatic carbocycles. The third kappa shape index (κ3) is 3.96. The predicted octanol–water partition coefficient (Wildman–Crippen LogP) is 3.14. The Balaban J connectivity index is 1.59. The zero-order valence-electron chi connectivity index (χ0n) is 14.6. The maximum atomic E-state index is 12.2. The van der Waals surface area contributed by atoms with Gasteiger partial charge in [-0.1, -0.05) is 19.1 Å². The van der Waals surface area contributed by atoms with E-state index in [4.69, 9.17) is 14.6 Å². The Morgan fingerprint density at radius 3 is 2.69 bits per heavy atom. The first-order valence-electron chi connectivity index (χ1n) is 8.60. The van der Waals surface area contributed by atoms with Crippen LogP contribution in [0.4, 0.5) is 5.69 Å². The average molecular weight is 355 g/mol. The highest BCUT2D eigenvalue weighted by Gasteiger charge is 2.26. The van der Waals surface area contributed by atoms with Gasteiger partial charge >= 0.3 is 5.97 Å². The van der Waals surface area contributed by atoms with Crippen LogP contribution in [0.5, 0.6) is 11.5 Å². The summed E-state index contributed by atoms with van der Waals surface area (Å²) >= 11 is 0. The Morgan fingerprint density at radius 2 is 2.00 bits per heavy atom. The number of carboxylic acid groups (broad SMARTS) is 1. The molecular weight excluding hydrogens is 334 g/mol. The van der Waals surface area contributed by atoms with E-state index in [2.05, 4.69) is 6.92 Å². The lowest BCUT2D eigenvalue weighted by Crippen LogP contribution is -2.39. The van der Waals surface area contributed by atoms with Crippen LogP contribution in [0.3, 0.4) is 0 Å². The second kappa shape index (κ2) is 7.91. The fourth-order valence-corrected chi connectivity index (χ4v) is 2.82. The van der Waals surface area contributed by atoms with Gasteiger partial charge in [0.15, 0.2) is 6.61 Å². The summed E-state index contributed by atoms with van der Waals surface area (Å²) in [6, 6.07) is 12.5.